The summed E-state index contributed by atoms with van der Waals surface area (Å²) in [7, 11) is -3.34. The number of piperazine rings is 1. The smallest absolute Gasteiger partial charge is 0.409 e. The Morgan fingerprint density at radius 1 is 1.00 bits per heavy atom. The van der Waals surface area contributed by atoms with Crippen LogP contribution in [0.1, 0.15) is 19.8 Å². The number of hydrogen-bond acceptors (Lipinski definition) is 4. The fourth-order valence-corrected chi connectivity index (χ4v) is 4.07. The van der Waals surface area contributed by atoms with Crippen LogP contribution in [0.2, 0.25) is 0 Å². The molecule has 0 radical (unpaired) electrons. The normalized spacial score (nSPS) is 22.7. The van der Waals surface area contributed by atoms with E-state index >= 15 is 0 Å². The zero-order valence-corrected chi connectivity index (χ0v) is 12.1. The van der Waals surface area contributed by atoms with Gasteiger partial charge >= 0.3 is 6.09 Å². The largest absolute Gasteiger partial charge is 0.450 e. The molecule has 7 nitrogen and oxygen atoms in total. The van der Waals surface area contributed by atoms with Crippen molar-refractivity contribution in [3.05, 3.63) is 0 Å². The molecule has 0 bridgehead atoms. The van der Waals surface area contributed by atoms with Gasteiger partial charge in [-0.3, -0.25) is 0 Å². The molecule has 110 valence electrons. The van der Waals surface area contributed by atoms with E-state index in [1.165, 1.54) is 8.61 Å². The molecule has 2 heterocycles. The molecule has 19 heavy (non-hydrogen) atoms. The first-order valence-electron chi connectivity index (χ1n) is 6.72. The topological polar surface area (TPSA) is 70.2 Å². The zero-order chi connectivity index (χ0) is 13.9. The highest BCUT2D eigenvalue weighted by Crippen LogP contribution is 2.18. The summed E-state index contributed by atoms with van der Waals surface area (Å²) < 4.78 is 32.5. The number of hydrogen-bond donors (Lipinski definition) is 0. The molecule has 0 N–H and O–H groups in total. The van der Waals surface area contributed by atoms with Crippen LogP contribution in [-0.2, 0) is 14.9 Å². The molecule has 0 unspecified atom stereocenters. The van der Waals surface area contributed by atoms with Gasteiger partial charge in [0.25, 0.3) is 10.2 Å². The fourth-order valence-electron chi connectivity index (χ4n) is 2.40. The number of carbonyl (C=O) groups is 1. The Labute approximate surface area is 114 Å². The quantitative estimate of drug-likeness (QED) is 0.739. The van der Waals surface area contributed by atoms with E-state index in [1.807, 2.05) is 0 Å². The van der Waals surface area contributed by atoms with E-state index in [9.17, 15) is 13.2 Å². The average molecular weight is 291 g/mol. The zero-order valence-electron chi connectivity index (χ0n) is 11.2. The molecule has 0 atom stereocenters. The average Bonchev–Trinajstić information content (AvgIpc) is 2.94. The Bertz CT molecular complexity index is 412. The van der Waals surface area contributed by atoms with E-state index in [0.29, 0.717) is 45.9 Å². The van der Waals surface area contributed by atoms with Crippen molar-refractivity contribution in [2.24, 2.45) is 0 Å². The summed E-state index contributed by atoms with van der Waals surface area (Å²) in [5.74, 6) is 0. The Morgan fingerprint density at radius 2 is 1.53 bits per heavy atom. The van der Waals surface area contributed by atoms with Crippen LogP contribution in [-0.4, -0.2) is 73.9 Å². The molecule has 2 saturated heterocycles. The molecule has 0 saturated carbocycles. The Hall–Kier alpha value is -0.860. The van der Waals surface area contributed by atoms with Crippen LogP contribution >= 0.6 is 0 Å². The van der Waals surface area contributed by atoms with E-state index < -0.39 is 10.2 Å². The van der Waals surface area contributed by atoms with E-state index in [2.05, 4.69) is 0 Å². The maximum atomic E-state index is 12.3. The SMILES string of the molecule is CCOC(=O)N1CCN(S(=O)(=O)N2CCCC2)CC1. The van der Waals surface area contributed by atoms with E-state index in [0.717, 1.165) is 12.8 Å². The van der Waals surface area contributed by atoms with Gasteiger partial charge in [0.1, 0.15) is 0 Å². The lowest BCUT2D eigenvalue weighted by molar-refractivity contribution is 0.0926. The molecule has 2 aliphatic heterocycles. The van der Waals surface area contributed by atoms with Crippen LogP contribution in [0, 0.1) is 0 Å². The van der Waals surface area contributed by atoms with Gasteiger partial charge in [-0.15, -0.1) is 0 Å². The van der Waals surface area contributed by atoms with Crippen LogP contribution in [0.4, 0.5) is 4.79 Å². The van der Waals surface area contributed by atoms with Crippen LogP contribution in [0.5, 0.6) is 0 Å². The van der Waals surface area contributed by atoms with Crippen molar-refractivity contribution < 1.29 is 17.9 Å². The van der Waals surface area contributed by atoms with Crippen LogP contribution in [0.3, 0.4) is 0 Å². The highest BCUT2D eigenvalue weighted by Gasteiger charge is 2.34. The molecule has 8 heteroatoms. The first-order valence-corrected chi connectivity index (χ1v) is 8.12. The molecule has 2 fully saturated rings. The van der Waals surface area contributed by atoms with Gasteiger partial charge in [-0.25, -0.2) is 4.79 Å². The van der Waals surface area contributed by atoms with Gasteiger partial charge in [-0.05, 0) is 19.8 Å². The van der Waals surface area contributed by atoms with Crippen molar-refractivity contribution in [1.82, 2.24) is 13.5 Å². The number of rotatable bonds is 3. The van der Waals surface area contributed by atoms with Gasteiger partial charge in [-0.1, -0.05) is 0 Å². The van der Waals surface area contributed by atoms with Crippen molar-refractivity contribution in [2.45, 2.75) is 19.8 Å². The standard InChI is InChI=1S/C11H21N3O4S/c1-2-18-11(15)12-7-9-14(10-8-12)19(16,17)13-5-3-4-6-13/h2-10H2,1H3. The number of carbonyl (C=O) groups excluding carboxylic acids is 1. The minimum Gasteiger partial charge on any atom is -0.450 e. The van der Waals surface area contributed by atoms with Crippen molar-refractivity contribution in [2.75, 3.05) is 45.9 Å². The van der Waals surface area contributed by atoms with E-state index in [1.54, 1.807) is 11.8 Å². The predicted octanol–water partition coefficient (Wildman–Crippen LogP) is 0.101. The van der Waals surface area contributed by atoms with E-state index in [-0.39, 0.29) is 6.09 Å². The lowest BCUT2D eigenvalue weighted by Crippen LogP contribution is -2.53. The maximum Gasteiger partial charge on any atom is 0.409 e. The second kappa shape index (κ2) is 6.06. The van der Waals surface area contributed by atoms with E-state index in [4.69, 9.17) is 4.74 Å². The molecule has 0 spiro atoms. The van der Waals surface area contributed by atoms with Gasteiger partial charge in [0.15, 0.2) is 0 Å². The number of amides is 1. The van der Waals surface area contributed by atoms with Crippen molar-refractivity contribution >= 4 is 16.3 Å². The third-order valence-corrected chi connectivity index (χ3v) is 5.52. The Kier molecular flexibility index (Phi) is 4.64. The Morgan fingerprint density at radius 3 is 2.05 bits per heavy atom. The third-order valence-electron chi connectivity index (χ3n) is 3.48. The monoisotopic (exact) mass is 291 g/mol. The maximum absolute atomic E-state index is 12.3. The van der Waals surface area contributed by atoms with Crippen molar-refractivity contribution in [1.29, 1.82) is 0 Å². The predicted molar refractivity (Wildman–Crippen MR) is 69.9 cm³/mol. The summed E-state index contributed by atoms with van der Waals surface area (Å²) in [6.45, 7) is 4.80. The number of nitrogens with zero attached hydrogens (tertiary/aromatic N) is 3. The minimum atomic E-state index is -3.34. The summed E-state index contributed by atoms with van der Waals surface area (Å²) >= 11 is 0. The second-order valence-corrected chi connectivity index (χ2v) is 6.63. The third kappa shape index (κ3) is 3.18. The lowest BCUT2D eigenvalue weighted by atomic mass is 10.4. The summed E-state index contributed by atoms with van der Waals surface area (Å²) in [6, 6.07) is 0. The first-order chi connectivity index (χ1) is 9.05. The highest BCUT2D eigenvalue weighted by molar-refractivity contribution is 7.86. The van der Waals surface area contributed by atoms with Crippen LogP contribution in [0.25, 0.3) is 0 Å². The summed E-state index contributed by atoms with van der Waals surface area (Å²) in [6.07, 6.45) is 1.50. The molecule has 2 aliphatic rings. The molecule has 2 rings (SSSR count). The van der Waals surface area contributed by atoms with Gasteiger partial charge < -0.3 is 9.64 Å². The van der Waals surface area contributed by atoms with Gasteiger partial charge in [-0.2, -0.15) is 17.0 Å². The second-order valence-electron chi connectivity index (χ2n) is 4.70. The van der Waals surface area contributed by atoms with Crippen molar-refractivity contribution in [3.63, 3.8) is 0 Å². The first kappa shape index (κ1) is 14.5. The lowest BCUT2D eigenvalue weighted by Gasteiger charge is -2.35. The van der Waals surface area contributed by atoms with Gasteiger partial charge in [0.05, 0.1) is 6.61 Å². The van der Waals surface area contributed by atoms with Crippen LogP contribution in [0.15, 0.2) is 0 Å². The minimum absolute atomic E-state index is 0.338. The van der Waals surface area contributed by atoms with Gasteiger partial charge in [0.2, 0.25) is 0 Å². The van der Waals surface area contributed by atoms with Crippen LogP contribution < -0.4 is 0 Å². The molecule has 0 aromatic carbocycles. The summed E-state index contributed by atoms with van der Waals surface area (Å²) in [5.41, 5.74) is 0. The molecule has 1 amide bonds. The Balaban J connectivity index is 1.90. The summed E-state index contributed by atoms with van der Waals surface area (Å²) in [5, 5.41) is 0. The van der Waals surface area contributed by atoms with Crippen molar-refractivity contribution in [3.8, 4) is 0 Å². The molecular weight excluding hydrogens is 270 g/mol. The summed E-state index contributed by atoms with van der Waals surface area (Å²) in [4.78, 5) is 13.1. The van der Waals surface area contributed by atoms with Gasteiger partial charge in [0, 0.05) is 39.3 Å². The fraction of sp³-hybridized carbons (Fsp3) is 0.909. The molecular formula is C11H21N3O4S. The molecule has 0 aromatic heterocycles. The molecule has 0 aliphatic carbocycles. The highest BCUT2D eigenvalue weighted by atomic mass is 32.2. The number of ether oxygens (including phenoxy) is 1. The molecule has 0 aromatic rings.